The van der Waals surface area contributed by atoms with Crippen LogP contribution in [0.4, 0.5) is 0 Å². The van der Waals surface area contributed by atoms with Crippen LogP contribution in [0.2, 0.25) is 0 Å². The summed E-state index contributed by atoms with van der Waals surface area (Å²) in [5.41, 5.74) is 2.80. The van der Waals surface area contributed by atoms with Gasteiger partial charge in [-0.2, -0.15) is 0 Å². The topological polar surface area (TPSA) is 21.3 Å². The average molecular weight is 261 g/mol. The van der Waals surface area contributed by atoms with E-state index in [1.54, 1.807) is 0 Å². The first kappa shape index (κ1) is 14.4. The Bertz CT molecular complexity index is 389. The normalized spacial score (nSPS) is 15.1. The van der Waals surface area contributed by atoms with Crippen molar-refractivity contribution in [3.05, 3.63) is 29.3 Å². The first-order chi connectivity index (χ1) is 9.35. The lowest BCUT2D eigenvalue weighted by molar-refractivity contribution is 0.356. The molecular formula is C17H27NO. The zero-order valence-electron chi connectivity index (χ0n) is 12.4. The van der Waals surface area contributed by atoms with Crippen molar-refractivity contribution in [3.63, 3.8) is 0 Å². The standard InChI is InChI=1S/C17H27NO/c1-3-5-6-7-11-18-16(4-2)14-8-9-17-15(13-14)10-12-19-17/h8-9,13,16,18H,3-7,10-12H2,1-2H3. The van der Waals surface area contributed by atoms with Crippen LogP contribution in [0.25, 0.3) is 0 Å². The fraction of sp³-hybridized carbons (Fsp3) is 0.647. The van der Waals surface area contributed by atoms with Gasteiger partial charge in [-0.05, 0) is 36.6 Å². The molecule has 0 bridgehead atoms. The molecule has 2 heteroatoms. The third kappa shape index (κ3) is 3.97. The summed E-state index contributed by atoms with van der Waals surface area (Å²) in [6.45, 7) is 6.49. The van der Waals surface area contributed by atoms with Crippen molar-refractivity contribution < 1.29 is 4.74 Å². The SMILES string of the molecule is CCCCCCNC(CC)c1ccc2c(c1)CCO2. The summed E-state index contributed by atoms with van der Waals surface area (Å²) in [5, 5.41) is 3.69. The van der Waals surface area contributed by atoms with Crippen molar-refractivity contribution in [3.8, 4) is 5.75 Å². The number of benzene rings is 1. The van der Waals surface area contributed by atoms with Crippen LogP contribution >= 0.6 is 0 Å². The molecule has 1 aromatic rings. The van der Waals surface area contributed by atoms with Crippen LogP contribution < -0.4 is 10.1 Å². The lowest BCUT2D eigenvalue weighted by Gasteiger charge is -2.18. The van der Waals surface area contributed by atoms with Crippen molar-refractivity contribution in [1.82, 2.24) is 5.32 Å². The molecule has 1 aromatic carbocycles. The van der Waals surface area contributed by atoms with E-state index in [0.29, 0.717) is 6.04 Å². The summed E-state index contributed by atoms with van der Waals surface area (Å²) in [5.74, 6) is 1.08. The van der Waals surface area contributed by atoms with Gasteiger partial charge in [0.1, 0.15) is 5.75 Å². The molecule has 0 aliphatic carbocycles. The van der Waals surface area contributed by atoms with Crippen molar-refractivity contribution in [2.75, 3.05) is 13.2 Å². The third-order valence-electron chi connectivity index (χ3n) is 3.95. The summed E-state index contributed by atoms with van der Waals surface area (Å²) in [4.78, 5) is 0. The minimum absolute atomic E-state index is 0.493. The molecule has 0 saturated heterocycles. The van der Waals surface area contributed by atoms with Gasteiger partial charge in [0.15, 0.2) is 0 Å². The zero-order valence-corrected chi connectivity index (χ0v) is 12.4. The molecule has 2 rings (SSSR count). The molecule has 2 nitrogen and oxygen atoms in total. The van der Waals surface area contributed by atoms with E-state index in [9.17, 15) is 0 Å². The van der Waals surface area contributed by atoms with Crippen molar-refractivity contribution >= 4 is 0 Å². The van der Waals surface area contributed by atoms with E-state index in [4.69, 9.17) is 4.74 Å². The molecule has 0 radical (unpaired) electrons. The van der Waals surface area contributed by atoms with Gasteiger partial charge in [0.25, 0.3) is 0 Å². The Balaban J connectivity index is 1.86. The summed E-state index contributed by atoms with van der Waals surface area (Å²) >= 11 is 0. The average Bonchev–Trinajstić information content (AvgIpc) is 2.90. The predicted molar refractivity (Wildman–Crippen MR) is 80.8 cm³/mol. The van der Waals surface area contributed by atoms with Crippen LogP contribution in [0, 0.1) is 0 Å². The number of rotatable bonds is 8. The summed E-state index contributed by atoms with van der Waals surface area (Å²) < 4.78 is 5.57. The summed E-state index contributed by atoms with van der Waals surface area (Å²) in [6, 6.07) is 7.18. The number of nitrogens with one attached hydrogen (secondary N) is 1. The second-order valence-corrected chi connectivity index (χ2v) is 5.44. The minimum Gasteiger partial charge on any atom is -0.493 e. The maximum absolute atomic E-state index is 5.57. The van der Waals surface area contributed by atoms with Gasteiger partial charge in [-0.3, -0.25) is 0 Å². The van der Waals surface area contributed by atoms with Crippen LogP contribution in [0.5, 0.6) is 5.75 Å². The van der Waals surface area contributed by atoms with Gasteiger partial charge < -0.3 is 10.1 Å². The number of ether oxygens (including phenoxy) is 1. The molecule has 1 aliphatic heterocycles. The Labute approximate surface area is 117 Å². The molecule has 19 heavy (non-hydrogen) atoms. The smallest absolute Gasteiger partial charge is 0.122 e. The molecule has 1 unspecified atom stereocenters. The molecule has 0 amide bonds. The first-order valence-corrected chi connectivity index (χ1v) is 7.84. The van der Waals surface area contributed by atoms with Crippen LogP contribution in [0.1, 0.15) is 63.1 Å². The van der Waals surface area contributed by atoms with E-state index in [1.165, 1.54) is 36.8 Å². The van der Waals surface area contributed by atoms with Gasteiger partial charge in [0, 0.05) is 12.5 Å². The predicted octanol–water partition coefficient (Wildman–Crippen LogP) is 4.24. The molecule has 0 fully saturated rings. The highest BCUT2D eigenvalue weighted by Gasteiger charge is 2.15. The molecule has 1 N–H and O–H groups in total. The second kappa shape index (κ2) is 7.54. The number of hydrogen-bond donors (Lipinski definition) is 1. The van der Waals surface area contributed by atoms with Crippen LogP contribution in [-0.4, -0.2) is 13.2 Å². The molecule has 1 aliphatic rings. The molecule has 0 saturated carbocycles. The van der Waals surface area contributed by atoms with Crippen LogP contribution in [0.15, 0.2) is 18.2 Å². The molecule has 1 heterocycles. The fourth-order valence-electron chi connectivity index (χ4n) is 2.75. The van der Waals surface area contributed by atoms with Gasteiger partial charge in [0.2, 0.25) is 0 Å². The Morgan fingerprint density at radius 3 is 2.89 bits per heavy atom. The molecule has 0 spiro atoms. The number of fused-ring (bicyclic) bond motifs is 1. The largest absolute Gasteiger partial charge is 0.493 e. The van der Waals surface area contributed by atoms with E-state index >= 15 is 0 Å². The van der Waals surface area contributed by atoms with Crippen molar-refractivity contribution in [1.29, 1.82) is 0 Å². The van der Waals surface area contributed by atoms with Gasteiger partial charge >= 0.3 is 0 Å². The Kier molecular flexibility index (Phi) is 5.71. The monoisotopic (exact) mass is 261 g/mol. The van der Waals surface area contributed by atoms with E-state index in [1.807, 2.05) is 0 Å². The van der Waals surface area contributed by atoms with Crippen LogP contribution in [0.3, 0.4) is 0 Å². The van der Waals surface area contributed by atoms with E-state index < -0.39 is 0 Å². The van der Waals surface area contributed by atoms with Crippen molar-refractivity contribution in [2.24, 2.45) is 0 Å². The molecular weight excluding hydrogens is 234 g/mol. The quantitative estimate of drug-likeness (QED) is 0.707. The highest BCUT2D eigenvalue weighted by molar-refractivity contribution is 5.40. The highest BCUT2D eigenvalue weighted by Crippen LogP contribution is 2.29. The highest BCUT2D eigenvalue weighted by atomic mass is 16.5. The fourth-order valence-corrected chi connectivity index (χ4v) is 2.75. The molecule has 1 atom stereocenters. The van der Waals surface area contributed by atoms with Gasteiger partial charge in [-0.1, -0.05) is 45.2 Å². The lowest BCUT2D eigenvalue weighted by atomic mass is 10.0. The first-order valence-electron chi connectivity index (χ1n) is 7.84. The third-order valence-corrected chi connectivity index (χ3v) is 3.95. The Morgan fingerprint density at radius 1 is 1.21 bits per heavy atom. The number of unbranched alkanes of at least 4 members (excludes halogenated alkanes) is 3. The second-order valence-electron chi connectivity index (χ2n) is 5.44. The lowest BCUT2D eigenvalue weighted by Crippen LogP contribution is -2.22. The maximum atomic E-state index is 5.57. The maximum Gasteiger partial charge on any atom is 0.122 e. The van der Waals surface area contributed by atoms with Gasteiger partial charge in [0.05, 0.1) is 6.61 Å². The number of hydrogen-bond acceptors (Lipinski definition) is 2. The Hall–Kier alpha value is -1.02. The molecule has 106 valence electrons. The van der Waals surface area contributed by atoms with E-state index in [0.717, 1.165) is 31.7 Å². The summed E-state index contributed by atoms with van der Waals surface area (Å²) in [7, 11) is 0. The van der Waals surface area contributed by atoms with Gasteiger partial charge in [-0.25, -0.2) is 0 Å². The minimum atomic E-state index is 0.493. The van der Waals surface area contributed by atoms with Gasteiger partial charge in [-0.15, -0.1) is 0 Å². The van der Waals surface area contributed by atoms with E-state index in [-0.39, 0.29) is 0 Å². The van der Waals surface area contributed by atoms with E-state index in [2.05, 4.69) is 37.4 Å². The zero-order chi connectivity index (χ0) is 13.5. The van der Waals surface area contributed by atoms with Crippen molar-refractivity contribution in [2.45, 2.75) is 58.4 Å². The van der Waals surface area contributed by atoms with Crippen LogP contribution in [-0.2, 0) is 6.42 Å². The Morgan fingerprint density at radius 2 is 2.11 bits per heavy atom. The molecule has 0 aromatic heterocycles. The summed E-state index contributed by atoms with van der Waals surface area (Å²) in [6.07, 6.45) is 7.51.